The van der Waals surface area contributed by atoms with Gasteiger partial charge in [-0.25, -0.2) is 8.42 Å². The molecule has 0 saturated heterocycles. The van der Waals surface area contributed by atoms with Crippen molar-refractivity contribution in [2.45, 2.75) is 37.2 Å². The molecule has 9 heteroatoms. The van der Waals surface area contributed by atoms with Gasteiger partial charge in [0.25, 0.3) is 15.9 Å². The molecule has 7 nitrogen and oxygen atoms in total. The summed E-state index contributed by atoms with van der Waals surface area (Å²) >= 11 is 5.88. The zero-order chi connectivity index (χ0) is 25.9. The van der Waals surface area contributed by atoms with E-state index >= 15 is 0 Å². The van der Waals surface area contributed by atoms with Gasteiger partial charge in [0.1, 0.15) is 18.1 Å². The molecule has 0 radical (unpaired) electrons. The Morgan fingerprint density at radius 1 is 1.08 bits per heavy atom. The average molecular weight is 529 g/mol. The molecule has 1 atom stereocenters. The van der Waals surface area contributed by atoms with E-state index < -0.39 is 22.0 Å². The summed E-state index contributed by atoms with van der Waals surface area (Å²) in [6, 6.07) is 20.5. The van der Waals surface area contributed by atoms with Crippen molar-refractivity contribution in [1.82, 2.24) is 5.32 Å². The van der Waals surface area contributed by atoms with Gasteiger partial charge in [-0.15, -0.1) is 0 Å². The number of hydrogen-bond acceptors (Lipinski definition) is 5. The maximum absolute atomic E-state index is 13.6. The van der Waals surface area contributed by atoms with Gasteiger partial charge in [0.2, 0.25) is 0 Å². The number of sulfonamides is 1. The molecule has 36 heavy (non-hydrogen) atoms. The molecule has 4 rings (SSSR count). The van der Waals surface area contributed by atoms with E-state index in [9.17, 15) is 13.2 Å². The van der Waals surface area contributed by atoms with Crippen LogP contribution in [0.3, 0.4) is 0 Å². The van der Waals surface area contributed by atoms with E-state index in [1.807, 2.05) is 12.1 Å². The highest BCUT2D eigenvalue weighted by molar-refractivity contribution is 7.92. The van der Waals surface area contributed by atoms with Gasteiger partial charge in [0, 0.05) is 5.02 Å². The highest BCUT2D eigenvalue weighted by Gasteiger charge is 2.38. The molecular formula is C27H29ClN2O5S. The second-order valence-electron chi connectivity index (χ2n) is 9.48. The molecule has 0 aliphatic carbocycles. The first-order chi connectivity index (χ1) is 17.1. The van der Waals surface area contributed by atoms with Crippen molar-refractivity contribution in [3.63, 3.8) is 0 Å². The summed E-state index contributed by atoms with van der Waals surface area (Å²) in [6.07, 6.45) is -1.02. The Balaban J connectivity index is 1.54. The third-order valence-electron chi connectivity index (χ3n) is 5.80. The SMILES string of the molecule is CC(C)(C)c1ccc2c(c1)N(S(=O)(=O)c1ccccc1)CC(C(=O)NCCOc1ccc(Cl)cc1)O2. The predicted octanol–water partition coefficient (Wildman–Crippen LogP) is 4.79. The van der Waals surface area contributed by atoms with Crippen LogP contribution < -0.4 is 19.1 Å². The van der Waals surface area contributed by atoms with Crippen molar-refractivity contribution in [3.8, 4) is 11.5 Å². The van der Waals surface area contributed by atoms with E-state index in [1.54, 1.807) is 60.7 Å². The smallest absolute Gasteiger partial charge is 0.264 e. The number of ether oxygens (including phenoxy) is 2. The summed E-state index contributed by atoms with van der Waals surface area (Å²) in [5.74, 6) is 0.547. The standard InChI is InChI=1S/C27H29ClN2O5S/c1-27(2,3)19-9-14-24-23(17-19)30(36(32,33)22-7-5-4-6-8-22)18-25(35-24)26(31)29-15-16-34-21-12-10-20(28)11-13-21/h4-14,17,25H,15-16,18H2,1-3H3,(H,29,31). The van der Waals surface area contributed by atoms with Gasteiger partial charge in [0.15, 0.2) is 6.10 Å². The van der Waals surface area contributed by atoms with Crippen molar-refractivity contribution < 1.29 is 22.7 Å². The van der Waals surface area contributed by atoms with Crippen molar-refractivity contribution >= 4 is 33.2 Å². The predicted molar refractivity (Wildman–Crippen MR) is 140 cm³/mol. The van der Waals surface area contributed by atoms with Gasteiger partial charge in [-0.3, -0.25) is 9.10 Å². The molecule has 0 fully saturated rings. The highest BCUT2D eigenvalue weighted by Crippen LogP contribution is 2.40. The Morgan fingerprint density at radius 2 is 1.78 bits per heavy atom. The van der Waals surface area contributed by atoms with Crippen LogP contribution in [0.25, 0.3) is 0 Å². The summed E-state index contributed by atoms with van der Waals surface area (Å²) in [6.45, 7) is 6.46. The minimum atomic E-state index is -3.93. The summed E-state index contributed by atoms with van der Waals surface area (Å²) in [5.41, 5.74) is 1.18. The molecule has 0 bridgehead atoms. The van der Waals surface area contributed by atoms with Crippen LogP contribution in [0.15, 0.2) is 77.7 Å². The Bertz CT molecular complexity index is 1320. The van der Waals surface area contributed by atoms with E-state index in [-0.39, 0.29) is 30.0 Å². The number of rotatable bonds is 7. The minimum absolute atomic E-state index is 0.148. The Morgan fingerprint density at radius 3 is 2.44 bits per heavy atom. The van der Waals surface area contributed by atoms with Gasteiger partial charge in [-0.1, -0.05) is 56.6 Å². The van der Waals surface area contributed by atoms with Crippen molar-refractivity contribution in [1.29, 1.82) is 0 Å². The molecule has 0 aromatic heterocycles. The van der Waals surface area contributed by atoms with Crippen molar-refractivity contribution in [2.24, 2.45) is 0 Å². The third kappa shape index (κ3) is 5.77. The number of nitrogens with one attached hydrogen (secondary N) is 1. The zero-order valence-corrected chi connectivity index (χ0v) is 22.0. The van der Waals surface area contributed by atoms with Crippen LogP contribution in [0.5, 0.6) is 11.5 Å². The molecule has 0 spiro atoms. The average Bonchev–Trinajstić information content (AvgIpc) is 2.86. The van der Waals surface area contributed by atoms with Crippen LogP contribution >= 0.6 is 11.6 Å². The minimum Gasteiger partial charge on any atom is -0.492 e. The van der Waals surface area contributed by atoms with E-state index in [0.29, 0.717) is 22.2 Å². The molecule has 1 aliphatic rings. The number of carbonyl (C=O) groups excluding carboxylic acids is 1. The number of benzene rings is 3. The summed E-state index contributed by atoms with van der Waals surface area (Å²) in [5, 5.41) is 3.38. The molecule has 190 valence electrons. The summed E-state index contributed by atoms with van der Waals surface area (Å²) in [7, 11) is -3.93. The number of carbonyl (C=O) groups is 1. The van der Waals surface area contributed by atoms with E-state index in [1.165, 1.54) is 4.31 Å². The maximum atomic E-state index is 13.6. The van der Waals surface area contributed by atoms with Gasteiger partial charge < -0.3 is 14.8 Å². The highest BCUT2D eigenvalue weighted by atomic mass is 35.5. The number of fused-ring (bicyclic) bond motifs is 1. The number of halogens is 1. The first kappa shape index (κ1) is 25.9. The fourth-order valence-corrected chi connectivity index (χ4v) is 5.40. The van der Waals surface area contributed by atoms with Crippen LogP contribution in [0.2, 0.25) is 5.02 Å². The quantitative estimate of drug-likeness (QED) is 0.446. The molecule has 0 saturated carbocycles. The molecule has 3 aromatic carbocycles. The Kier molecular flexibility index (Phi) is 7.47. The number of amides is 1. The number of hydrogen-bond donors (Lipinski definition) is 1. The van der Waals surface area contributed by atoms with Crippen LogP contribution in [0, 0.1) is 0 Å². The lowest BCUT2D eigenvalue weighted by Gasteiger charge is -2.36. The van der Waals surface area contributed by atoms with Gasteiger partial charge in [-0.2, -0.15) is 0 Å². The lowest BCUT2D eigenvalue weighted by Crippen LogP contribution is -2.51. The summed E-state index contributed by atoms with van der Waals surface area (Å²) in [4.78, 5) is 13.1. The first-order valence-corrected chi connectivity index (χ1v) is 13.4. The van der Waals surface area contributed by atoms with E-state index in [0.717, 1.165) is 5.56 Å². The number of anilines is 1. The second-order valence-corrected chi connectivity index (χ2v) is 11.8. The van der Waals surface area contributed by atoms with E-state index in [2.05, 4.69) is 26.1 Å². The normalized spacial score (nSPS) is 15.6. The zero-order valence-electron chi connectivity index (χ0n) is 20.4. The molecule has 1 aliphatic heterocycles. The largest absolute Gasteiger partial charge is 0.492 e. The Labute approximate surface area is 217 Å². The lowest BCUT2D eigenvalue weighted by atomic mass is 9.86. The fraction of sp³-hybridized carbons (Fsp3) is 0.296. The first-order valence-electron chi connectivity index (χ1n) is 11.6. The van der Waals surface area contributed by atoms with Crippen molar-refractivity contribution in [3.05, 3.63) is 83.4 Å². The monoisotopic (exact) mass is 528 g/mol. The van der Waals surface area contributed by atoms with Crippen molar-refractivity contribution in [2.75, 3.05) is 24.0 Å². The van der Waals surface area contributed by atoms with Gasteiger partial charge in [0.05, 0.1) is 23.7 Å². The topological polar surface area (TPSA) is 84.9 Å². The van der Waals surface area contributed by atoms with Gasteiger partial charge >= 0.3 is 0 Å². The van der Waals surface area contributed by atoms with Crippen LogP contribution in [0.1, 0.15) is 26.3 Å². The molecular weight excluding hydrogens is 500 g/mol. The molecule has 1 heterocycles. The molecule has 3 aromatic rings. The van der Waals surface area contributed by atoms with Crippen LogP contribution in [-0.4, -0.2) is 40.1 Å². The Hall–Kier alpha value is -3.23. The maximum Gasteiger partial charge on any atom is 0.264 e. The molecule has 1 unspecified atom stereocenters. The number of nitrogens with zero attached hydrogens (tertiary/aromatic N) is 1. The lowest BCUT2D eigenvalue weighted by molar-refractivity contribution is -0.127. The van der Waals surface area contributed by atoms with Crippen LogP contribution in [0.4, 0.5) is 5.69 Å². The third-order valence-corrected chi connectivity index (χ3v) is 7.85. The van der Waals surface area contributed by atoms with Crippen LogP contribution in [-0.2, 0) is 20.2 Å². The second kappa shape index (κ2) is 10.4. The fourth-order valence-electron chi connectivity index (χ4n) is 3.79. The molecule has 1 amide bonds. The van der Waals surface area contributed by atoms with Gasteiger partial charge in [-0.05, 0) is 59.5 Å². The summed E-state index contributed by atoms with van der Waals surface area (Å²) < 4.78 is 40.1. The molecule has 1 N–H and O–H groups in total. The van der Waals surface area contributed by atoms with E-state index in [4.69, 9.17) is 21.1 Å².